The number of hydrogen-bond donors (Lipinski definition) is 2. The summed E-state index contributed by atoms with van der Waals surface area (Å²) in [6.07, 6.45) is -0.0335. The monoisotopic (exact) mass is 711 g/mol. The van der Waals surface area contributed by atoms with Crippen LogP contribution in [0.15, 0.2) is 103 Å². The van der Waals surface area contributed by atoms with Crippen molar-refractivity contribution in [3.05, 3.63) is 125 Å². The summed E-state index contributed by atoms with van der Waals surface area (Å²) in [6, 6.07) is 31.7. The Morgan fingerprint density at radius 3 is 2.22 bits per heavy atom. The van der Waals surface area contributed by atoms with E-state index in [2.05, 4.69) is 0 Å². The van der Waals surface area contributed by atoms with E-state index in [0.29, 0.717) is 28.5 Å². The molecule has 0 aliphatic carbocycles. The Balaban J connectivity index is 1.30. The van der Waals surface area contributed by atoms with Gasteiger partial charge in [0, 0.05) is 46.5 Å². The van der Waals surface area contributed by atoms with Crippen molar-refractivity contribution in [2.45, 2.75) is 56.8 Å². The van der Waals surface area contributed by atoms with Crippen molar-refractivity contribution in [2.24, 2.45) is 5.92 Å². The molecule has 50 heavy (non-hydrogen) atoms. The molecule has 1 spiro atoms. The van der Waals surface area contributed by atoms with Crippen molar-refractivity contribution in [2.75, 3.05) is 23.0 Å². The number of nitrogens with zero attached hydrogens (tertiary/aromatic N) is 3. The molecule has 4 aromatic carbocycles. The molecule has 2 aliphatic rings. The zero-order valence-electron chi connectivity index (χ0n) is 28.4. The highest BCUT2D eigenvalue weighted by Crippen LogP contribution is 2.60. The molecular weight excluding hydrogens is 670 g/mol. The van der Waals surface area contributed by atoms with Crippen molar-refractivity contribution in [1.82, 2.24) is 4.90 Å². The lowest BCUT2D eigenvalue weighted by molar-refractivity contribution is -0.150. The predicted octanol–water partition coefficient (Wildman–Crippen LogP) is 6.39. The number of benzene rings is 4. The molecule has 11 heteroatoms. The van der Waals surface area contributed by atoms with Gasteiger partial charge in [0.05, 0.1) is 31.4 Å². The second-order valence-electron chi connectivity index (χ2n) is 13.6. The number of halogens is 1. The van der Waals surface area contributed by atoms with Crippen LogP contribution in [0, 0.1) is 5.92 Å². The summed E-state index contributed by atoms with van der Waals surface area (Å²) < 4.78 is 6.86. The van der Waals surface area contributed by atoms with Gasteiger partial charge in [0.15, 0.2) is 13.9 Å². The minimum atomic E-state index is -3.03. The third kappa shape index (κ3) is 6.74. The normalized spacial score (nSPS) is 21.4. The number of carbonyl (C=O) groups is 3. The predicted molar refractivity (Wildman–Crippen MR) is 196 cm³/mol. The Morgan fingerprint density at radius 1 is 0.960 bits per heavy atom. The lowest BCUT2D eigenvalue weighted by Crippen LogP contribution is -2.46. The minimum absolute atomic E-state index is 0.0557. The number of ether oxygens (including phenoxy) is 1. The quantitative estimate of drug-likeness (QED) is 0.130. The second kappa shape index (κ2) is 14.5. The number of amides is 3. The number of para-hydroxylation sites is 1. The summed E-state index contributed by atoms with van der Waals surface area (Å²) in [5.74, 6) is -0.981. The number of carbonyl (C=O) groups excluding carboxylic acids is 3. The van der Waals surface area contributed by atoms with Crippen LogP contribution in [0.3, 0.4) is 0 Å². The maximum absolute atomic E-state index is 14.8. The van der Waals surface area contributed by atoms with Crippen LogP contribution in [0.4, 0.5) is 17.1 Å². The van der Waals surface area contributed by atoms with Crippen molar-refractivity contribution in [3.8, 4) is 0 Å². The Bertz CT molecular complexity index is 1840. The average Bonchev–Trinajstić information content (AvgIpc) is 3.52. The van der Waals surface area contributed by atoms with Gasteiger partial charge in [-0.05, 0) is 66.7 Å². The van der Waals surface area contributed by atoms with Gasteiger partial charge in [-0.2, -0.15) is 0 Å². The molecule has 0 aromatic heterocycles. The fourth-order valence-electron chi connectivity index (χ4n) is 7.73. The number of anilines is 3. The summed E-state index contributed by atoms with van der Waals surface area (Å²) >= 11 is 6.56. The average molecular weight is 712 g/mol. The molecule has 0 bridgehead atoms. The molecule has 4 aromatic rings. The van der Waals surface area contributed by atoms with Crippen LogP contribution in [0.2, 0.25) is 23.7 Å². The van der Waals surface area contributed by atoms with E-state index in [-0.39, 0.29) is 37.9 Å². The Kier molecular flexibility index (Phi) is 10.3. The highest BCUT2D eigenvalue weighted by Gasteiger charge is 2.66. The maximum Gasteiger partial charge on any atom is 0.264 e. The molecule has 9 nitrogen and oxygen atoms in total. The Morgan fingerprint density at radius 2 is 1.60 bits per heavy atom. The Labute approximate surface area is 298 Å². The van der Waals surface area contributed by atoms with Crippen molar-refractivity contribution >= 4 is 55.2 Å². The second-order valence-corrected chi connectivity index (χ2v) is 18.0. The molecule has 0 unspecified atom stereocenters. The topological polar surface area (TPSA) is 111 Å². The van der Waals surface area contributed by atoms with E-state index in [1.807, 2.05) is 111 Å². The van der Waals surface area contributed by atoms with Gasteiger partial charge < -0.3 is 24.4 Å². The highest BCUT2D eigenvalue weighted by atomic mass is 35.5. The van der Waals surface area contributed by atoms with E-state index in [9.17, 15) is 24.3 Å². The Hall–Kier alpha value is -4.32. The molecule has 1 saturated heterocycles. The van der Waals surface area contributed by atoms with E-state index < -0.39 is 31.5 Å². The summed E-state index contributed by atoms with van der Waals surface area (Å²) in [6.45, 7) is 6.05. The van der Waals surface area contributed by atoms with Gasteiger partial charge in [0.2, 0.25) is 12.3 Å². The lowest BCUT2D eigenvalue weighted by atomic mass is 9.82. The van der Waals surface area contributed by atoms with Crippen LogP contribution in [-0.2, 0) is 37.8 Å². The van der Waals surface area contributed by atoms with Crippen LogP contribution in [-0.4, -0.2) is 60.6 Å². The fraction of sp³-hybridized carbons (Fsp3) is 0.308. The standard InChI is InChI=1S/C39H42ClN3O6Si/c1-27-37(50(2,3)48)35(23-36(46)41(20-21-44)24-28-10-6-4-7-11-28)49-39(27)33-22-30(40)16-19-34(33)42(38(39)47)25-29-14-17-32(18-15-29)43(26-45)31-12-8-5-9-13-31/h4-19,22,26-27,35,37,44,48H,20-21,23-25H2,1-3H3/t27-,35+,37-,39+/m0/s1. The first-order chi connectivity index (χ1) is 24.0. The number of fused-ring (bicyclic) bond motifs is 2. The molecule has 3 amide bonds. The van der Waals surface area contributed by atoms with Gasteiger partial charge in [0.25, 0.3) is 5.91 Å². The van der Waals surface area contributed by atoms with E-state index in [1.165, 1.54) is 0 Å². The van der Waals surface area contributed by atoms with Gasteiger partial charge in [0.1, 0.15) is 0 Å². The summed E-state index contributed by atoms with van der Waals surface area (Å²) in [4.78, 5) is 57.2. The fourth-order valence-corrected chi connectivity index (χ4v) is 10.5. The molecular formula is C39H42ClN3O6Si. The number of hydrogen-bond acceptors (Lipinski definition) is 6. The van der Waals surface area contributed by atoms with Gasteiger partial charge >= 0.3 is 0 Å². The summed E-state index contributed by atoms with van der Waals surface area (Å²) in [5.41, 5.74) is 2.54. The molecule has 2 heterocycles. The molecule has 260 valence electrons. The highest BCUT2D eigenvalue weighted by molar-refractivity contribution is 6.71. The maximum atomic E-state index is 14.8. The van der Waals surface area contributed by atoms with Gasteiger partial charge in [-0.15, -0.1) is 0 Å². The lowest BCUT2D eigenvalue weighted by Gasteiger charge is -2.32. The van der Waals surface area contributed by atoms with Gasteiger partial charge in [-0.3, -0.25) is 19.3 Å². The van der Waals surface area contributed by atoms with Crippen molar-refractivity contribution in [1.29, 1.82) is 0 Å². The molecule has 0 saturated carbocycles. The largest absolute Gasteiger partial charge is 0.432 e. The van der Waals surface area contributed by atoms with Crippen LogP contribution >= 0.6 is 11.6 Å². The summed E-state index contributed by atoms with van der Waals surface area (Å²) in [7, 11) is -3.03. The molecule has 6 rings (SSSR count). The SMILES string of the molecule is C[C@H]1[C@H]([Si](C)(C)O)[C@@H](CC(=O)N(CCO)Cc2ccccc2)O[C@]12C(=O)N(Cc1ccc(N(C=O)c3ccccc3)cc1)c1ccc(Cl)cc12. The number of rotatable bonds is 12. The zero-order valence-corrected chi connectivity index (χ0v) is 30.2. The minimum Gasteiger partial charge on any atom is -0.432 e. The first-order valence-corrected chi connectivity index (χ1v) is 20.2. The molecule has 4 atom stereocenters. The molecule has 2 N–H and O–H groups in total. The van der Waals surface area contributed by atoms with E-state index in [4.69, 9.17) is 16.3 Å². The summed E-state index contributed by atoms with van der Waals surface area (Å²) in [5, 5.41) is 10.2. The van der Waals surface area contributed by atoms with Crippen molar-refractivity contribution in [3.63, 3.8) is 0 Å². The number of aliphatic hydroxyl groups excluding tert-OH is 1. The molecule has 2 aliphatic heterocycles. The van der Waals surface area contributed by atoms with Gasteiger partial charge in [-0.1, -0.05) is 79.2 Å². The smallest absolute Gasteiger partial charge is 0.264 e. The van der Waals surface area contributed by atoms with E-state index in [0.717, 1.165) is 23.2 Å². The molecule has 0 radical (unpaired) electrons. The van der Waals surface area contributed by atoms with Gasteiger partial charge in [-0.25, -0.2) is 0 Å². The first-order valence-electron chi connectivity index (χ1n) is 16.8. The third-order valence-corrected chi connectivity index (χ3v) is 12.7. The third-order valence-electron chi connectivity index (χ3n) is 9.96. The zero-order chi connectivity index (χ0) is 35.6. The number of aliphatic hydroxyl groups is 1. The first kappa shape index (κ1) is 35.5. The van der Waals surface area contributed by atoms with Crippen LogP contribution in [0.25, 0.3) is 0 Å². The van der Waals surface area contributed by atoms with E-state index >= 15 is 0 Å². The van der Waals surface area contributed by atoms with Crippen molar-refractivity contribution < 1.29 is 29.0 Å². The van der Waals surface area contributed by atoms with E-state index in [1.54, 1.807) is 26.8 Å². The van der Waals surface area contributed by atoms with Crippen LogP contribution < -0.4 is 9.80 Å². The van der Waals surface area contributed by atoms with Crippen LogP contribution in [0.1, 0.15) is 30.0 Å². The molecule has 1 fully saturated rings. The van der Waals surface area contributed by atoms with Crippen LogP contribution in [0.5, 0.6) is 0 Å².